The van der Waals surface area contributed by atoms with Crippen molar-refractivity contribution in [2.24, 2.45) is 0 Å². The maximum absolute atomic E-state index is 12.2. The van der Waals surface area contributed by atoms with Crippen LogP contribution in [0, 0.1) is 0 Å². The van der Waals surface area contributed by atoms with Crippen LogP contribution in [0.1, 0.15) is 15.9 Å². The number of esters is 1. The Labute approximate surface area is 177 Å². The van der Waals surface area contributed by atoms with Gasteiger partial charge in [0.1, 0.15) is 31.6 Å². The van der Waals surface area contributed by atoms with Crippen molar-refractivity contribution >= 4 is 29.2 Å². The lowest BCUT2D eigenvalue weighted by molar-refractivity contribution is -0.719. The largest absolute Gasteiger partial charge is 0.459 e. The van der Waals surface area contributed by atoms with E-state index in [9.17, 15) is 4.79 Å². The van der Waals surface area contributed by atoms with Crippen LogP contribution in [0.25, 0.3) is 0 Å². The number of carbonyl (C=O) groups excluding carboxylic acids is 1. The van der Waals surface area contributed by atoms with Gasteiger partial charge in [-0.05, 0) is 24.3 Å². The highest BCUT2D eigenvalue weighted by Gasteiger charge is 2.47. The second kappa shape index (κ2) is 8.55. The molecule has 1 aliphatic heterocycles. The van der Waals surface area contributed by atoms with Gasteiger partial charge in [-0.1, -0.05) is 47.5 Å². The molecule has 1 aromatic heterocycles. The summed E-state index contributed by atoms with van der Waals surface area (Å²) >= 11 is 12.5. The zero-order valence-electron chi connectivity index (χ0n) is 15.4. The minimum absolute atomic E-state index is 0.0679. The van der Waals surface area contributed by atoms with Crippen molar-refractivity contribution in [3.05, 3.63) is 88.4 Å². The number of nitrogens with one attached hydrogen (secondary N) is 1. The second-order valence-corrected chi connectivity index (χ2v) is 7.52. The van der Waals surface area contributed by atoms with Gasteiger partial charge in [0.05, 0.1) is 17.2 Å². The monoisotopic (exact) mass is 433 g/mol. The molecular weight excluding hydrogens is 415 g/mol. The second-order valence-electron chi connectivity index (χ2n) is 6.68. The minimum Gasteiger partial charge on any atom is -0.459 e. The lowest BCUT2D eigenvalue weighted by Crippen LogP contribution is -2.46. The van der Waals surface area contributed by atoms with Gasteiger partial charge in [0.2, 0.25) is 12.1 Å². The van der Waals surface area contributed by atoms with Gasteiger partial charge in [0.15, 0.2) is 0 Å². The minimum atomic E-state index is -1.13. The standard InChI is InChI=1S/C21H18Cl2N2O4/c22-16-6-7-18(19(23)10-16)21(13-25-9-8-24-14-25)28-12-17(29-21)11-27-20(26)15-4-2-1-3-5-15/h1-10,14,17H,11-13H2/p+1/t17-,21-/m1/s1. The van der Waals surface area contributed by atoms with Gasteiger partial charge in [-0.15, -0.1) is 0 Å². The summed E-state index contributed by atoms with van der Waals surface area (Å²) in [4.78, 5) is 15.2. The number of carbonyl (C=O) groups is 1. The van der Waals surface area contributed by atoms with Crippen molar-refractivity contribution in [2.75, 3.05) is 13.2 Å². The number of halogens is 2. The third-order valence-electron chi connectivity index (χ3n) is 4.60. The molecule has 0 aliphatic carbocycles. The summed E-state index contributed by atoms with van der Waals surface area (Å²) in [7, 11) is 0. The summed E-state index contributed by atoms with van der Waals surface area (Å²) in [6, 6.07) is 14.0. The molecule has 6 nitrogen and oxygen atoms in total. The van der Waals surface area contributed by atoms with Gasteiger partial charge < -0.3 is 14.2 Å². The Morgan fingerprint density at radius 3 is 2.79 bits per heavy atom. The fraction of sp³-hybridized carbons (Fsp3) is 0.238. The molecule has 1 saturated heterocycles. The molecule has 2 aromatic carbocycles. The molecule has 1 N–H and O–H groups in total. The van der Waals surface area contributed by atoms with Gasteiger partial charge in [0.25, 0.3) is 0 Å². The number of nitrogens with zero attached hydrogens (tertiary/aromatic N) is 1. The van der Waals surface area contributed by atoms with Gasteiger partial charge in [-0.2, -0.15) is 0 Å². The van der Waals surface area contributed by atoms with E-state index in [4.69, 9.17) is 37.4 Å². The smallest absolute Gasteiger partial charge is 0.338 e. The Morgan fingerprint density at radius 2 is 2.07 bits per heavy atom. The Morgan fingerprint density at radius 1 is 1.24 bits per heavy atom. The van der Waals surface area contributed by atoms with E-state index in [1.54, 1.807) is 55.0 Å². The van der Waals surface area contributed by atoms with Crippen molar-refractivity contribution in [3.63, 3.8) is 0 Å². The molecule has 4 rings (SSSR count). The first-order valence-corrected chi connectivity index (χ1v) is 9.83. The van der Waals surface area contributed by atoms with Crippen LogP contribution < -0.4 is 4.57 Å². The molecule has 0 unspecified atom stereocenters. The number of benzene rings is 2. The maximum atomic E-state index is 12.2. The fourth-order valence-electron chi connectivity index (χ4n) is 3.24. The first-order valence-electron chi connectivity index (χ1n) is 9.07. The average molecular weight is 434 g/mol. The molecular formula is C21H19Cl2N2O4+. The van der Waals surface area contributed by atoms with Gasteiger partial charge in [-0.3, -0.25) is 4.98 Å². The molecule has 0 amide bonds. The number of H-pyrrole nitrogens is 1. The third kappa shape index (κ3) is 4.46. The molecule has 0 bridgehead atoms. The van der Waals surface area contributed by atoms with Crippen LogP contribution in [0.2, 0.25) is 10.0 Å². The molecule has 8 heteroatoms. The number of hydrogen-bond donors (Lipinski definition) is 1. The lowest BCUT2D eigenvalue weighted by Gasteiger charge is -2.27. The van der Waals surface area contributed by atoms with E-state index in [-0.39, 0.29) is 13.2 Å². The van der Waals surface area contributed by atoms with Crippen molar-refractivity contribution in [3.8, 4) is 0 Å². The quantitative estimate of drug-likeness (QED) is 0.475. The van der Waals surface area contributed by atoms with E-state index < -0.39 is 17.9 Å². The molecule has 1 aliphatic rings. The zero-order valence-corrected chi connectivity index (χ0v) is 16.9. The molecule has 2 atom stereocenters. The molecule has 1 fully saturated rings. The van der Waals surface area contributed by atoms with Crippen molar-refractivity contribution in [1.82, 2.24) is 4.98 Å². The van der Waals surface area contributed by atoms with E-state index >= 15 is 0 Å². The van der Waals surface area contributed by atoms with Crippen LogP contribution in [-0.2, 0) is 26.5 Å². The zero-order chi connectivity index (χ0) is 20.3. The summed E-state index contributed by atoms with van der Waals surface area (Å²) in [6.07, 6.45) is 5.02. The fourth-order valence-corrected chi connectivity index (χ4v) is 3.79. The third-order valence-corrected chi connectivity index (χ3v) is 5.15. The van der Waals surface area contributed by atoms with Crippen LogP contribution in [-0.4, -0.2) is 30.3 Å². The molecule has 3 aromatic rings. The number of aromatic nitrogens is 2. The van der Waals surface area contributed by atoms with Gasteiger partial charge in [0, 0.05) is 10.6 Å². The molecule has 0 radical (unpaired) electrons. The Hall–Kier alpha value is -2.38. The lowest BCUT2D eigenvalue weighted by atomic mass is 10.1. The summed E-state index contributed by atoms with van der Waals surface area (Å²) in [6.45, 7) is 0.686. The van der Waals surface area contributed by atoms with Crippen LogP contribution in [0.4, 0.5) is 0 Å². The first kappa shape index (κ1) is 19.9. The van der Waals surface area contributed by atoms with Crippen LogP contribution in [0.15, 0.2) is 67.3 Å². The number of hydrogen-bond acceptors (Lipinski definition) is 4. The van der Waals surface area contributed by atoms with E-state index in [0.717, 1.165) is 0 Å². The van der Waals surface area contributed by atoms with Gasteiger partial charge >= 0.3 is 5.97 Å². The molecule has 0 saturated carbocycles. The highest BCUT2D eigenvalue weighted by molar-refractivity contribution is 6.35. The Balaban J connectivity index is 1.51. The molecule has 0 spiro atoms. The molecule has 2 heterocycles. The van der Waals surface area contributed by atoms with Crippen LogP contribution in [0.5, 0.6) is 0 Å². The molecule has 29 heavy (non-hydrogen) atoms. The summed E-state index contributed by atoms with van der Waals surface area (Å²) < 4.78 is 19.7. The topological polar surface area (TPSA) is 64.4 Å². The van der Waals surface area contributed by atoms with Crippen molar-refractivity contribution in [1.29, 1.82) is 0 Å². The summed E-state index contributed by atoms with van der Waals surface area (Å²) in [5, 5.41) is 0.963. The number of rotatable bonds is 6. The van der Waals surface area contributed by atoms with E-state index in [0.29, 0.717) is 27.7 Å². The maximum Gasteiger partial charge on any atom is 0.338 e. The van der Waals surface area contributed by atoms with Crippen molar-refractivity contribution in [2.45, 2.75) is 18.4 Å². The highest BCUT2D eigenvalue weighted by atomic mass is 35.5. The Bertz CT molecular complexity index is 982. The highest BCUT2D eigenvalue weighted by Crippen LogP contribution is 2.39. The van der Waals surface area contributed by atoms with Gasteiger partial charge in [-0.25, -0.2) is 9.36 Å². The SMILES string of the molecule is O=C(OC[C@@H]1CO[C@@](C[n+]2cc[nH]c2)(c2ccc(Cl)cc2Cl)O1)c1ccccc1. The van der Waals surface area contributed by atoms with E-state index in [1.807, 2.05) is 16.8 Å². The number of aromatic amines is 1. The normalized spacial score (nSPS) is 21.2. The van der Waals surface area contributed by atoms with E-state index in [1.165, 1.54) is 0 Å². The summed E-state index contributed by atoms with van der Waals surface area (Å²) in [5.41, 5.74) is 1.15. The summed E-state index contributed by atoms with van der Waals surface area (Å²) in [5.74, 6) is -1.53. The van der Waals surface area contributed by atoms with Crippen LogP contribution >= 0.6 is 23.2 Å². The predicted octanol–water partition coefficient (Wildman–Crippen LogP) is 3.73. The average Bonchev–Trinajstić information content (AvgIpc) is 3.37. The predicted molar refractivity (Wildman–Crippen MR) is 107 cm³/mol. The van der Waals surface area contributed by atoms with E-state index in [2.05, 4.69) is 4.98 Å². The van der Waals surface area contributed by atoms with Crippen molar-refractivity contribution < 1.29 is 23.6 Å². The number of ether oxygens (including phenoxy) is 3. The van der Waals surface area contributed by atoms with Crippen LogP contribution in [0.3, 0.4) is 0 Å². The number of imidazole rings is 1. The molecule has 150 valence electrons. The Kier molecular flexibility index (Phi) is 5.87. The first-order chi connectivity index (χ1) is 14.1.